The Morgan fingerprint density at radius 3 is 2.48 bits per heavy atom. The zero-order valence-corrected chi connectivity index (χ0v) is 13.1. The number of rotatable bonds is 4. The zero-order chi connectivity index (χ0) is 15.8. The van der Waals surface area contributed by atoms with Gasteiger partial charge in [0.1, 0.15) is 0 Å². The predicted octanol–water partition coefficient (Wildman–Crippen LogP) is 0.522. The first kappa shape index (κ1) is 15.8. The lowest BCUT2D eigenvalue weighted by Crippen LogP contribution is -2.18. The highest BCUT2D eigenvalue weighted by Crippen LogP contribution is 2.23. The number of aromatic nitrogens is 2. The first-order valence-electron chi connectivity index (χ1n) is 5.44. The van der Waals surface area contributed by atoms with Crippen molar-refractivity contribution in [2.45, 2.75) is 9.92 Å². The van der Waals surface area contributed by atoms with Crippen LogP contribution in [0.1, 0.15) is 0 Å². The summed E-state index contributed by atoms with van der Waals surface area (Å²) < 4.78 is 50.3. The van der Waals surface area contributed by atoms with Gasteiger partial charge in [-0.25, -0.2) is 13.6 Å². The number of nitrogens with two attached hydrogens (primary N) is 1. The summed E-state index contributed by atoms with van der Waals surface area (Å²) in [6, 6.07) is 5.11. The van der Waals surface area contributed by atoms with E-state index in [2.05, 4.69) is 9.82 Å². The minimum absolute atomic E-state index is 0.0405. The lowest BCUT2D eigenvalue weighted by atomic mass is 10.3. The maximum atomic E-state index is 12.2. The molecule has 1 heterocycles. The van der Waals surface area contributed by atoms with Crippen molar-refractivity contribution in [1.82, 2.24) is 9.78 Å². The highest BCUT2D eigenvalue weighted by Gasteiger charge is 2.23. The van der Waals surface area contributed by atoms with Crippen molar-refractivity contribution in [1.29, 1.82) is 0 Å². The number of hydrogen-bond donors (Lipinski definition) is 2. The van der Waals surface area contributed by atoms with E-state index in [0.29, 0.717) is 0 Å². The molecule has 0 aliphatic heterocycles. The van der Waals surface area contributed by atoms with Crippen LogP contribution in [0.15, 0.2) is 40.4 Å². The van der Waals surface area contributed by atoms with E-state index in [1.807, 2.05) is 0 Å². The van der Waals surface area contributed by atoms with Crippen LogP contribution in [0.4, 0.5) is 5.69 Å². The fourth-order valence-corrected chi connectivity index (χ4v) is 3.91. The third kappa shape index (κ3) is 3.35. The van der Waals surface area contributed by atoms with Crippen LogP contribution >= 0.6 is 11.6 Å². The van der Waals surface area contributed by atoms with Gasteiger partial charge in [-0.15, -0.1) is 0 Å². The van der Waals surface area contributed by atoms with Gasteiger partial charge in [0.15, 0.2) is 5.03 Å². The second-order valence-corrected chi connectivity index (χ2v) is 7.67. The van der Waals surface area contributed by atoms with Crippen molar-refractivity contribution in [2.75, 3.05) is 4.72 Å². The molecule has 0 saturated heterocycles. The average Bonchev–Trinajstić information content (AvgIpc) is 2.68. The summed E-state index contributed by atoms with van der Waals surface area (Å²) in [4.78, 5) is -0.209. The molecule has 1 aromatic heterocycles. The normalized spacial score (nSPS) is 12.3. The van der Waals surface area contributed by atoms with Crippen molar-refractivity contribution >= 4 is 37.3 Å². The molecule has 0 amide bonds. The molecule has 0 bridgehead atoms. The summed E-state index contributed by atoms with van der Waals surface area (Å²) in [5.41, 5.74) is 0.0405. The van der Waals surface area contributed by atoms with Crippen molar-refractivity contribution in [3.63, 3.8) is 0 Å². The van der Waals surface area contributed by atoms with Gasteiger partial charge in [-0.05, 0) is 18.2 Å². The largest absolute Gasteiger partial charge is 0.280 e. The molecule has 8 nitrogen and oxygen atoms in total. The van der Waals surface area contributed by atoms with E-state index in [1.54, 1.807) is 0 Å². The Morgan fingerprint density at radius 1 is 1.29 bits per heavy atom. The van der Waals surface area contributed by atoms with Crippen molar-refractivity contribution < 1.29 is 16.8 Å². The molecule has 0 aliphatic rings. The molecule has 11 heteroatoms. The number of nitrogens with one attached hydrogen (secondary N) is 1. The molecule has 0 fully saturated rings. The fourth-order valence-electron chi connectivity index (χ4n) is 1.64. The first-order chi connectivity index (χ1) is 9.61. The Morgan fingerprint density at radius 2 is 1.95 bits per heavy atom. The Hall–Kier alpha value is -1.62. The van der Waals surface area contributed by atoms with Gasteiger partial charge in [0, 0.05) is 7.05 Å². The van der Waals surface area contributed by atoms with Gasteiger partial charge in [-0.1, -0.05) is 17.7 Å². The van der Waals surface area contributed by atoms with E-state index in [9.17, 15) is 16.8 Å². The average molecular weight is 351 g/mol. The molecule has 0 unspecified atom stereocenters. The standard InChI is InChI=1S/C10H11ClN4O4S2/c1-15-10(9(11)6-13-15)21(18,19)14-7-3-2-4-8(5-7)20(12,16)17/h2-6,14H,1H3,(H2,12,16,17). The number of aryl methyl sites for hydroxylation is 1. The van der Waals surface area contributed by atoms with E-state index in [-0.39, 0.29) is 20.6 Å². The summed E-state index contributed by atoms with van der Waals surface area (Å²) in [6.07, 6.45) is 1.19. The number of anilines is 1. The highest BCUT2D eigenvalue weighted by atomic mass is 35.5. The molecule has 0 atom stereocenters. The molecule has 0 saturated carbocycles. The monoisotopic (exact) mass is 350 g/mol. The van der Waals surface area contributed by atoms with Crippen LogP contribution in [0.2, 0.25) is 5.02 Å². The second-order valence-electron chi connectivity index (χ2n) is 4.10. The minimum atomic E-state index is -4.01. The van der Waals surface area contributed by atoms with Gasteiger partial charge < -0.3 is 0 Å². The first-order valence-corrected chi connectivity index (χ1v) is 8.85. The number of nitrogens with zero attached hydrogens (tertiary/aromatic N) is 2. The highest BCUT2D eigenvalue weighted by molar-refractivity contribution is 7.92. The molecule has 2 aromatic rings. The second kappa shape index (κ2) is 5.30. The number of hydrogen-bond acceptors (Lipinski definition) is 5. The molecule has 0 spiro atoms. The summed E-state index contributed by atoms with van der Waals surface area (Å²) in [5, 5.41) is 8.44. The lowest BCUT2D eigenvalue weighted by Gasteiger charge is -2.09. The van der Waals surface area contributed by atoms with Gasteiger partial charge in [0.2, 0.25) is 10.0 Å². The van der Waals surface area contributed by atoms with E-state index < -0.39 is 20.0 Å². The topological polar surface area (TPSA) is 124 Å². The summed E-state index contributed by atoms with van der Waals surface area (Å²) in [6.45, 7) is 0. The van der Waals surface area contributed by atoms with Gasteiger partial charge in [0.05, 0.1) is 21.8 Å². The van der Waals surface area contributed by atoms with Crippen LogP contribution in [-0.2, 0) is 27.1 Å². The van der Waals surface area contributed by atoms with Crippen molar-refractivity contribution in [3.8, 4) is 0 Å². The molecule has 21 heavy (non-hydrogen) atoms. The quantitative estimate of drug-likeness (QED) is 0.831. The molecule has 3 N–H and O–H groups in total. The maximum Gasteiger partial charge on any atom is 0.280 e. The minimum Gasteiger partial charge on any atom is -0.278 e. The van der Waals surface area contributed by atoms with Crippen LogP contribution in [0.3, 0.4) is 0 Å². The number of sulfonamides is 2. The van der Waals surface area contributed by atoms with Crippen LogP contribution in [-0.4, -0.2) is 26.6 Å². The molecule has 0 aliphatic carbocycles. The molecule has 1 aromatic carbocycles. The number of halogens is 1. The maximum absolute atomic E-state index is 12.2. The van der Waals surface area contributed by atoms with Crippen LogP contribution in [0.25, 0.3) is 0 Å². The number of primary sulfonamides is 1. The van der Waals surface area contributed by atoms with Crippen LogP contribution in [0.5, 0.6) is 0 Å². The summed E-state index contributed by atoms with van der Waals surface area (Å²) in [5.74, 6) is 0. The predicted molar refractivity (Wildman–Crippen MR) is 76.8 cm³/mol. The Labute approximate surface area is 126 Å². The molecule has 0 radical (unpaired) electrons. The summed E-state index contributed by atoms with van der Waals surface area (Å²) >= 11 is 5.78. The van der Waals surface area contributed by atoms with Crippen LogP contribution < -0.4 is 9.86 Å². The Balaban J connectivity index is 2.43. The molecule has 114 valence electrons. The van der Waals surface area contributed by atoms with E-state index >= 15 is 0 Å². The third-order valence-corrected chi connectivity index (χ3v) is 5.31. The third-order valence-electron chi connectivity index (χ3n) is 2.51. The van der Waals surface area contributed by atoms with Crippen LogP contribution in [0, 0.1) is 0 Å². The van der Waals surface area contributed by atoms with Gasteiger partial charge in [-0.2, -0.15) is 13.5 Å². The zero-order valence-electron chi connectivity index (χ0n) is 10.7. The Bertz CT molecular complexity index is 870. The van der Waals surface area contributed by atoms with Gasteiger partial charge >= 0.3 is 0 Å². The summed E-state index contributed by atoms with van der Waals surface area (Å²) in [7, 11) is -6.52. The smallest absolute Gasteiger partial charge is 0.278 e. The van der Waals surface area contributed by atoms with Gasteiger partial charge in [0.25, 0.3) is 10.0 Å². The van der Waals surface area contributed by atoms with Gasteiger partial charge in [-0.3, -0.25) is 9.40 Å². The SMILES string of the molecule is Cn1ncc(Cl)c1S(=O)(=O)Nc1cccc(S(N)(=O)=O)c1. The van der Waals surface area contributed by atoms with E-state index in [1.165, 1.54) is 31.4 Å². The van der Waals surface area contributed by atoms with E-state index in [4.69, 9.17) is 16.7 Å². The van der Waals surface area contributed by atoms with Crippen molar-refractivity contribution in [3.05, 3.63) is 35.5 Å². The molecule has 2 rings (SSSR count). The number of benzene rings is 1. The molecular weight excluding hydrogens is 340 g/mol. The molecular formula is C10H11ClN4O4S2. The lowest BCUT2D eigenvalue weighted by molar-refractivity contribution is 0.581. The van der Waals surface area contributed by atoms with E-state index in [0.717, 1.165) is 10.7 Å². The Kier molecular flexibility index (Phi) is 3.97. The fraction of sp³-hybridized carbons (Fsp3) is 0.100. The van der Waals surface area contributed by atoms with Crippen molar-refractivity contribution in [2.24, 2.45) is 12.2 Å².